The third kappa shape index (κ3) is 5.77. The van der Waals surface area contributed by atoms with Gasteiger partial charge in [-0.2, -0.15) is 0 Å². The number of hydrogen-bond donors (Lipinski definition) is 1. The molecular formula is C21H25N3O2S. The third-order valence-electron chi connectivity index (χ3n) is 4.63. The van der Waals surface area contributed by atoms with Crippen molar-refractivity contribution in [1.82, 2.24) is 15.1 Å². The lowest BCUT2D eigenvalue weighted by atomic mass is 10.2. The molecule has 1 N–H and O–H groups in total. The zero-order valence-electron chi connectivity index (χ0n) is 15.6. The van der Waals surface area contributed by atoms with Crippen LogP contribution in [0.3, 0.4) is 0 Å². The van der Waals surface area contributed by atoms with E-state index in [4.69, 9.17) is 17.0 Å². The van der Waals surface area contributed by atoms with Crippen LogP contribution in [0.1, 0.15) is 15.9 Å². The van der Waals surface area contributed by atoms with Crippen molar-refractivity contribution in [2.24, 2.45) is 0 Å². The van der Waals surface area contributed by atoms with E-state index in [1.807, 2.05) is 35.2 Å². The number of thiocarbonyl (C=S) groups is 1. The molecule has 0 atom stereocenters. The van der Waals surface area contributed by atoms with Gasteiger partial charge in [0.1, 0.15) is 5.75 Å². The summed E-state index contributed by atoms with van der Waals surface area (Å²) in [4.78, 5) is 16.7. The summed E-state index contributed by atoms with van der Waals surface area (Å²) in [6.07, 6.45) is 0.850. The van der Waals surface area contributed by atoms with Crippen molar-refractivity contribution >= 4 is 23.2 Å². The molecule has 3 rings (SSSR count). The van der Waals surface area contributed by atoms with Gasteiger partial charge in [-0.05, 0) is 49.1 Å². The summed E-state index contributed by atoms with van der Waals surface area (Å²) in [6.45, 7) is 4.17. The molecule has 0 saturated carbocycles. The van der Waals surface area contributed by atoms with Crippen molar-refractivity contribution in [3.8, 4) is 5.75 Å². The highest BCUT2D eigenvalue weighted by atomic mass is 32.1. The summed E-state index contributed by atoms with van der Waals surface area (Å²) >= 11 is 5.37. The molecule has 1 fully saturated rings. The number of likely N-dealkylation sites (N-methyl/N-ethyl adjacent to an activating group) is 1. The molecule has 1 aliphatic rings. The first-order valence-corrected chi connectivity index (χ1v) is 9.58. The van der Waals surface area contributed by atoms with Gasteiger partial charge in [0.25, 0.3) is 5.91 Å². The fraction of sp³-hybridized carbons (Fsp3) is 0.333. The number of carbonyl (C=O) groups is 1. The first-order valence-electron chi connectivity index (χ1n) is 9.17. The molecule has 0 unspecified atom stereocenters. The Bertz CT molecular complexity index is 757. The maximum absolute atomic E-state index is 12.4. The van der Waals surface area contributed by atoms with E-state index >= 15 is 0 Å². The van der Waals surface area contributed by atoms with Crippen LogP contribution in [0, 0.1) is 0 Å². The summed E-state index contributed by atoms with van der Waals surface area (Å²) in [5.41, 5.74) is 1.81. The van der Waals surface area contributed by atoms with Crippen LogP contribution in [0.2, 0.25) is 0 Å². The summed E-state index contributed by atoms with van der Waals surface area (Å²) in [7, 11) is 2.09. The first-order chi connectivity index (χ1) is 13.1. The molecule has 0 spiro atoms. The van der Waals surface area contributed by atoms with E-state index in [9.17, 15) is 4.79 Å². The first kappa shape index (κ1) is 19.3. The average Bonchev–Trinajstić information content (AvgIpc) is 2.70. The average molecular weight is 384 g/mol. The van der Waals surface area contributed by atoms with Gasteiger partial charge in [0.05, 0.1) is 6.61 Å². The highest BCUT2D eigenvalue weighted by molar-refractivity contribution is 7.80. The normalized spacial score (nSPS) is 14.6. The number of benzene rings is 2. The number of rotatable bonds is 5. The van der Waals surface area contributed by atoms with E-state index in [0.29, 0.717) is 17.3 Å². The number of hydrogen-bond acceptors (Lipinski definition) is 4. The number of ether oxygens (including phenoxy) is 1. The Labute approximate surface area is 165 Å². The fourth-order valence-corrected chi connectivity index (χ4v) is 3.17. The quantitative estimate of drug-likeness (QED) is 0.804. The number of carbonyl (C=O) groups excluding carboxylic acids is 1. The second-order valence-electron chi connectivity index (χ2n) is 6.66. The molecule has 0 aliphatic carbocycles. The van der Waals surface area contributed by atoms with E-state index < -0.39 is 0 Å². The Morgan fingerprint density at radius 2 is 1.70 bits per heavy atom. The largest absolute Gasteiger partial charge is 0.493 e. The highest BCUT2D eigenvalue weighted by Gasteiger charge is 2.18. The van der Waals surface area contributed by atoms with Crippen LogP contribution in [-0.2, 0) is 6.42 Å². The third-order valence-corrected chi connectivity index (χ3v) is 4.99. The summed E-state index contributed by atoms with van der Waals surface area (Å²) in [5, 5.41) is 3.32. The molecule has 0 aromatic heterocycles. The van der Waals surface area contributed by atoms with Gasteiger partial charge in [-0.1, -0.05) is 30.3 Å². The predicted molar refractivity (Wildman–Crippen MR) is 111 cm³/mol. The molecule has 6 heteroatoms. The number of nitrogens with zero attached hydrogens (tertiary/aromatic N) is 2. The van der Waals surface area contributed by atoms with Gasteiger partial charge in [0.15, 0.2) is 5.11 Å². The van der Waals surface area contributed by atoms with Crippen molar-refractivity contribution in [1.29, 1.82) is 0 Å². The Kier molecular flexibility index (Phi) is 6.79. The van der Waals surface area contributed by atoms with Crippen LogP contribution in [0.25, 0.3) is 0 Å². The van der Waals surface area contributed by atoms with Crippen molar-refractivity contribution in [2.75, 3.05) is 39.8 Å². The molecule has 0 radical (unpaired) electrons. The smallest absolute Gasteiger partial charge is 0.257 e. The van der Waals surface area contributed by atoms with Gasteiger partial charge >= 0.3 is 0 Å². The van der Waals surface area contributed by atoms with Gasteiger partial charge < -0.3 is 14.5 Å². The summed E-state index contributed by atoms with van der Waals surface area (Å²) in [6, 6.07) is 17.4. The molecule has 1 amide bonds. The minimum atomic E-state index is -0.185. The van der Waals surface area contributed by atoms with E-state index in [1.54, 1.807) is 12.1 Å². The lowest BCUT2D eigenvalue weighted by Crippen LogP contribution is -2.51. The Hall–Kier alpha value is -2.44. The van der Waals surface area contributed by atoms with Crippen molar-refractivity contribution in [3.63, 3.8) is 0 Å². The van der Waals surface area contributed by atoms with Gasteiger partial charge in [-0.15, -0.1) is 0 Å². The van der Waals surface area contributed by atoms with Crippen LogP contribution >= 0.6 is 12.2 Å². The van der Waals surface area contributed by atoms with Crippen molar-refractivity contribution in [2.45, 2.75) is 6.42 Å². The predicted octanol–water partition coefficient (Wildman–Crippen LogP) is 2.57. The number of piperazine rings is 1. The van der Waals surface area contributed by atoms with E-state index in [-0.39, 0.29) is 5.91 Å². The maximum Gasteiger partial charge on any atom is 0.257 e. The summed E-state index contributed by atoms with van der Waals surface area (Å²) < 4.78 is 5.76. The van der Waals surface area contributed by atoms with E-state index in [2.05, 4.69) is 29.4 Å². The standard InChI is InChI=1S/C21H25N3O2S/c1-23-12-14-24(15-13-23)21(27)22-20(25)18-7-9-19(10-8-18)26-16-11-17-5-3-2-4-6-17/h2-10H,11-16H2,1H3,(H,22,25,27). The minimum Gasteiger partial charge on any atom is -0.493 e. The van der Waals surface area contributed by atoms with Crippen LogP contribution in [-0.4, -0.2) is 60.7 Å². The number of amides is 1. The van der Waals surface area contributed by atoms with Gasteiger partial charge in [-0.25, -0.2) is 0 Å². The molecule has 1 heterocycles. The second-order valence-corrected chi connectivity index (χ2v) is 7.04. The molecule has 5 nitrogen and oxygen atoms in total. The lowest BCUT2D eigenvalue weighted by molar-refractivity contribution is 0.0970. The molecule has 2 aromatic carbocycles. The summed E-state index contributed by atoms with van der Waals surface area (Å²) in [5.74, 6) is 0.568. The van der Waals surface area contributed by atoms with Crippen LogP contribution in [0.15, 0.2) is 54.6 Å². The Morgan fingerprint density at radius 1 is 1.04 bits per heavy atom. The van der Waals surface area contributed by atoms with Gasteiger partial charge in [0.2, 0.25) is 0 Å². The molecule has 0 bridgehead atoms. The lowest BCUT2D eigenvalue weighted by Gasteiger charge is -2.33. The van der Waals surface area contributed by atoms with Crippen LogP contribution < -0.4 is 10.1 Å². The van der Waals surface area contributed by atoms with Gasteiger partial charge in [0, 0.05) is 38.2 Å². The van der Waals surface area contributed by atoms with E-state index in [1.165, 1.54) is 5.56 Å². The topological polar surface area (TPSA) is 44.8 Å². The molecule has 2 aromatic rings. The Balaban J connectivity index is 1.46. The maximum atomic E-state index is 12.4. The van der Waals surface area contributed by atoms with Gasteiger partial charge in [-0.3, -0.25) is 10.1 Å². The molecule has 142 valence electrons. The highest BCUT2D eigenvalue weighted by Crippen LogP contribution is 2.13. The molecule has 1 aliphatic heterocycles. The number of nitrogens with one attached hydrogen (secondary N) is 1. The van der Waals surface area contributed by atoms with Crippen molar-refractivity contribution in [3.05, 3.63) is 65.7 Å². The Morgan fingerprint density at radius 3 is 2.37 bits per heavy atom. The fourth-order valence-electron chi connectivity index (χ4n) is 2.89. The zero-order valence-corrected chi connectivity index (χ0v) is 16.4. The molecular weight excluding hydrogens is 358 g/mol. The van der Waals surface area contributed by atoms with E-state index in [0.717, 1.165) is 38.3 Å². The second kappa shape index (κ2) is 9.48. The van der Waals surface area contributed by atoms with Crippen LogP contribution in [0.4, 0.5) is 0 Å². The SMILES string of the molecule is CN1CCN(C(=S)NC(=O)c2ccc(OCCc3ccccc3)cc2)CC1. The van der Waals surface area contributed by atoms with Crippen LogP contribution in [0.5, 0.6) is 5.75 Å². The molecule has 27 heavy (non-hydrogen) atoms. The molecule has 1 saturated heterocycles. The van der Waals surface area contributed by atoms with Crippen molar-refractivity contribution < 1.29 is 9.53 Å². The minimum absolute atomic E-state index is 0.185. The monoisotopic (exact) mass is 383 g/mol. The zero-order chi connectivity index (χ0) is 19.1.